The van der Waals surface area contributed by atoms with Crippen LogP contribution < -0.4 is 30.3 Å². The number of methoxy groups -OCH3 is 1. The number of hydrogen-bond donors (Lipinski definition) is 4. The lowest BCUT2D eigenvalue weighted by atomic mass is 10.1. The van der Waals surface area contributed by atoms with Gasteiger partial charge in [0.15, 0.2) is 11.5 Å². The molecule has 280 valence electrons. The quantitative estimate of drug-likeness (QED) is 0.0664. The van der Waals surface area contributed by atoms with E-state index in [1.54, 1.807) is 23.8 Å². The molecule has 0 radical (unpaired) electrons. The van der Waals surface area contributed by atoms with Crippen molar-refractivity contribution in [3.8, 4) is 11.5 Å². The summed E-state index contributed by atoms with van der Waals surface area (Å²) >= 11 is 6.00. The molecule has 3 amide bonds. The fourth-order valence-electron chi connectivity index (χ4n) is 6.71. The number of rotatable bonds is 14. The minimum Gasteiger partial charge on any atom is -0.493 e. The molecule has 0 spiro atoms. The van der Waals surface area contributed by atoms with Crippen LogP contribution in [-0.2, 0) is 18.3 Å². The van der Waals surface area contributed by atoms with Crippen molar-refractivity contribution < 1.29 is 23.9 Å². The van der Waals surface area contributed by atoms with Gasteiger partial charge in [0.25, 0.3) is 11.8 Å². The number of para-hydroxylation sites is 1. The van der Waals surface area contributed by atoms with E-state index in [2.05, 4.69) is 39.6 Å². The summed E-state index contributed by atoms with van der Waals surface area (Å²) in [7, 11) is 3.41. The van der Waals surface area contributed by atoms with Crippen molar-refractivity contribution in [3.63, 3.8) is 0 Å². The number of nitrogens with zero attached hydrogens (tertiary/aromatic N) is 3. The van der Waals surface area contributed by atoms with E-state index in [1.807, 2.05) is 86.7 Å². The molecule has 2 aliphatic heterocycles. The molecule has 1 atom stereocenters. The Morgan fingerprint density at radius 3 is 2.67 bits per heavy atom. The third kappa shape index (κ3) is 8.27. The maximum Gasteiger partial charge on any atom is 0.272 e. The van der Waals surface area contributed by atoms with Crippen LogP contribution in [0.2, 0.25) is 0 Å². The van der Waals surface area contributed by atoms with E-state index in [1.165, 1.54) is 11.3 Å². The van der Waals surface area contributed by atoms with Gasteiger partial charge in [-0.15, -0.1) is 11.3 Å². The maximum absolute atomic E-state index is 13.7. The third-order valence-electron chi connectivity index (χ3n) is 9.52. The number of unbranched alkanes of at least 4 members (excludes halogenated alkanes) is 1. The predicted molar refractivity (Wildman–Crippen MR) is 221 cm³/mol. The van der Waals surface area contributed by atoms with Gasteiger partial charge in [-0.25, -0.2) is 0 Å². The zero-order valence-corrected chi connectivity index (χ0v) is 32.5. The lowest BCUT2D eigenvalue weighted by molar-refractivity contribution is -0.116. The van der Waals surface area contributed by atoms with Crippen LogP contribution in [0.1, 0.15) is 65.9 Å². The van der Waals surface area contributed by atoms with Gasteiger partial charge < -0.3 is 30.0 Å². The van der Waals surface area contributed by atoms with E-state index in [9.17, 15) is 14.4 Å². The highest BCUT2D eigenvalue weighted by Gasteiger charge is 2.36. The number of thiol groups is 1. The van der Waals surface area contributed by atoms with Crippen LogP contribution in [0.4, 0.5) is 27.8 Å². The lowest BCUT2D eigenvalue weighted by Gasteiger charge is -2.22. The molecule has 0 bridgehead atoms. The summed E-state index contributed by atoms with van der Waals surface area (Å²) in [5.74, 6) is 0.677. The molecule has 5 aromatic rings. The summed E-state index contributed by atoms with van der Waals surface area (Å²) in [6, 6.07) is 20.8. The predicted octanol–water partition coefficient (Wildman–Crippen LogP) is 8.49. The van der Waals surface area contributed by atoms with Crippen molar-refractivity contribution in [2.45, 2.75) is 56.7 Å². The average molecular weight is 765 g/mol. The number of nitrogens with one attached hydrogen (secondary N) is 3. The third-order valence-corrected chi connectivity index (χ3v) is 10.8. The molecule has 2 aliphatic rings. The van der Waals surface area contributed by atoms with Crippen molar-refractivity contribution in [1.29, 1.82) is 0 Å². The second-order valence-electron chi connectivity index (χ2n) is 14.3. The Labute approximate surface area is 324 Å². The van der Waals surface area contributed by atoms with E-state index in [0.717, 1.165) is 51.3 Å². The molecule has 0 unspecified atom stereocenters. The standard InChI is InChI=1S/C41H44N6O5S2/c1-41(2,53)14-13-37(48)45-38-19-26-17-27(11-12-36(26)54-38)44-39(49)33-20-28(24-46(33)3)42-15-7-8-16-52-35-22-31-30(21-34(35)51-4)40(50)47-29(23-43-31)18-25-9-5-6-10-32(25)47/h5-6,9-12,17,19-24,29,42,53H,7-8,13-16,18H2,1-4H3,(H,44,49)(H,45,48)/t29-/m0/s1. The number of aliphatic imine (C=N–C) groups is 1. The number of carbonyl (C=O) groups excluding carboxylic acids is 3. The Hall–Kier alpha value is -5.27. The highest BCUT2D eigenvalue weighted by Crippen LogP contribution is 2.41. The van der Waals surface area contributed by atoms with E-state index >= 15 is 0 Å². The summed E-state index contributed by atoms with van der Waals surface area (Å²) in [4.78, 5) is 45.8. The first-order valence-electron chi connectivity index (χ1n) is 18.0. The van der Waals surface area contributed by atoms with Crippen molar-refractivity contribution in [2.24, 2.45) is 12.0 Å². The molecule has 54 heavy (non-hydrogen) atoms. The van der Waals surface area contributed by atoms with Crippen LogP contribution in [0.25, 0.3) is 10.1 Å². The second-order valence-corrected chi connectivity index (χ2v) is 16.6. The molecule has 0 fully saturated rings. The van der Waals surface area contributed by atoms with Gasteiger partial charge in [-0.05, 0) is 72.7 Å². The lowest BCUT2D eigenvalue weighted by Crippen LogP contribution is -2.37. The van der Waals surface area contributed by atoms with Crippen LogP contribution in [0.15, 0.2) is 77.9 Å². The normalized spacial score (nSPS) is 14.6. The topological polar surface area (TPSA) is 126 Å². The number of fused-ring (bicyclic) bond motifs is 5. The van der Waals surface area contributed by atoms with E-state index in [4.69, 9.17) is 9.47 Å². The molecular formula is C41H44N6O5S2. The average Bonchev–Trinajstić information content (AvgIpc) is 3.81. The van der Waals surface area contributed by atoms with Crippen LogP contribution in [0.5, 0.6) is 11.5 Å². The van der Waals surface area contributed by atoms with E-state index in [0.29, 0.717) is 60.1 Å². The first kappa shape index (κ1) is 37.1. The zero-order valence-electron chi connectivity index (χ0n) is 30.8. The molecule has 4 heterocycles. The van der Waals surface area contributed by atoms with Crippen LogP contribution in [0.3, 0.4) is 0 Å². The summed E-state index contributed by atoms with van der Waals surface area (Å²) in [6.45, 7) is 5.12. The number of amides is 3. The van der Waals surface area contributed by atoms with Gasteiger partial charge >= 0.3 is 0 Å². The van der Waals surface area contributed by atoms with Crippen molar-refractivity contribution in [1.82, 2.24) is 4.57 Å². The fourth-order valence-corrected chi connectivity index (χ4v) is 7.79. The number of aryl methyl sites for hydroxylation is 1. The summed E-state index contributed by atoms with van der Waals surface area (Å²) in [5.41, 5.74) is 5.15. The van der Waals surface area contributed by atoms with Crippen LogP contribution in [-0.4, -0.2) is 59.6 Å². The largest absolute Gasteiger partial charge is 0.493 e. The number of hydrogen-bond acceptors (Lipinski definition) is 9. The van der Waals surface area contributed by atoms with Crippen LogP contribution in [0, 0.1) is 0 Å². The van der Waals surface area contributed by atoms with Crippen molar-refractivity contribution in [3.05, 3.63) is 89.7 Å². The minimum atomic E-state index is -0.220. The minimum absolute atomic E-state index is 0.0391. The number of benzene rings is 3. The van der Waals surface area contributed by atoms with Gasteiger partial charge in [0.1, 0.15) is 5.69 Å². The molecule has 2 aromatic heterocycles. The molecule has 11 nitrogen and oxygen atoms in total. The molecule has 0 saturated heterocycles. The van der Waals surface area contributed by atoms with Gasteiger partial charge in [-0.3, -0.25) is 24.3 Å². The Kier molecular flexibility index (Phi) is 10.7. The van der Waals surface area contributed by atoms with E-state index in [-0.39, 0.29) is 28.5 Å². The Morgan fingerprint density at radius 1 is 1.02 bits per heavy atom. The van der Waals surface area contributed by atoms with Crippen LogP contribution >= 0.6 is 24.0 Å². The molecule has 0 aliphatic carbocycles. The number of thiophene rings is 1. The smallest absolute Gasteiger partial charge is 0.272 e. The molecule has 3 N–H and O–H groups in total. The second kappa shape index (κ2) is 15.6. The summed E-state index contributed by atoms with van der Waals surface area (Å²) in [6.07, 6.45) is 7.15. The number of aromatic nitrogens is 1. The Balaban J connectivity index is 0.888. The van der Waals surface area contributed by atoms with Gasteiger partial charge in [0.2, 0.25) is 5.91 Å². The SMILES string of the molecule is COc1cc2c(cc1OCCCCNc1cc(C(=O)Nc3ccc4sc(NC(=O)CCC(C)(C)S)cc4c3)n(C)c1)N=C[C@@H]1Cc3ccccc3N1C2=O. The van der Waals surface area contributed by atoms with Crippen molar-refractivity contribution in [2.75, 3.05) is 41.1 Å². The highest BCUT2D eigenvalue weighted by atomic mass is 32.1. The number of carbonyl (C=O) groups is 3. The van der Waals surface area contributed by atoms with Crippen molar-refractivity contribution >= 4 is 85.7 Å². The highest BCUT2D eigenvalue weighted by molar-refractivity contribution is 7.81. The molecule has 0 saturated carbocycles. The van der Waals surface area contributed by atoms with Gasteiger partial charge in [-0.2, -0.15) is 12.6 Å². The zero-order chi connectivity index (χ0) is 38.0. The Bertz CT molecular complexity index is 2250. The molecule has 13 heteroatoms. The van der Waals surface area contributed by atoms with E-state index < -0.39 is 0 Å². The number of anilines is 4. The van der Waals surface area contributed by atoms with Gasteiger partial charge in [0, 0.05) is 65.7 Å². The first-order valence-corrected chi connectivity index (χ1v) is 19.3. The molecular weight excluding hydrogens is 721 g/mol. The molecule has 7 rings (SSSR count). The Morgan fingerprint density at radius 2 is 1.85 bits per heavy atom. The fraction of sp³-hybridized carbons (Fsp3) is 0.317. The van der Waals surface area contributed by atoms with Gasteiger partial charge in [-0.1, -0.05) is 32.0 Å². The monoisotopic (exact) mass is 764 g/mol. The summed E-state index contributed by atoms with van der Waals surface area (Å²) < 4.78 is 14.4. The summed E-state index contributed by atoms with van der Waals surface area (Å²) in [5, 5.41) is 11.1. The molecule has 3 aromatic carbocycles. The number of ether oxygens (including phenoxy) is 2. The first-order chi connectivity index (χ1) is 26.0. The maximum atomic E-state index is 13.7. The van der Waals surface area contributed by atoms with Gasteiger partial charge in [0.05, 0.1) is 41.7 Å².